The summed E-state index contributed by atoms with van der Waals surface area (Å²) in [7, 11) is 0. The molecule has 16 heavy (non-hydrogen) atoms. The molecule has 0 aliphatic rings. The molecular weight excluding hydrogens is 260 g/mol. The highest BCUT2D eigenvalue weighted by Crippen LogP contribution is 2.21. The van der Waals surface area contributed by atoms with Gasteiger partial charge < -0.3 is 5.32 Å². The first-order valence-electron chi connectivity index (χ1n) is 5.10. The van der Waals surface area contributed by atoms with Crippen LogP contribution >= 0.6 is 34.3 Å². The quantitative estimate of drug-likeness (QED) is 0.843. The molecule has 1 N–H and O–H groups in total. The van der Waals surface area contributed by atoms with Crippen molar-refractivity contribution < 1.29 is 0 Å². The largest absolute Gasteiger partial charge is 0.311 e. The zero-order valence-electron chi connectivity index (χ0n) is 9.00. The lowest BCUT2D eigenvalue weighted by Crippen LogP contribution is -2.16. The summed E-state index contributed by atoms with van der Waals surface area (Å²) < 4.78 is 0.866. The van der Waals surface area contributed by atoms with E-state index in [-0.39, 0.29) is 0 Å². The number of hydrogen-bond acceptors (Lipinski definition) is 4. The Morgan fingerprint density at radius 1 is 1.44 bits per heavy atom. The molecule has 2 aromatic rings. The van der Waals surface area contributed by atoms with Gasteiger partial charge in [0.05, 0.1) is 15.0 Å². The van der Waals surface area contributed by atoms with E-state index in [0.29, 0.717) is 0 Å². The minimum absolute atomic E-state index is 0.851. The lowest BCUT2D eigenvalue weighted by Gasteiger charge is -2.00. The Bertz CT molecular complexity index is 408. The fourth-order valence-electron chi connectivity index (χ4n) is 1.40. The molecule has 0 aromatic carbocycles. The Balaban J connectivity index is 1.69. The van der Waals surface area contributed by atoms with E-state index in [0.717, 1.165) is 34.5 Å². The lowest BCUT2D eigenvalue weighted by molar-refractivity contribution is 0.680. The number of halogens is 1. The number of aryl methyl sites for hydroxylation is 1. The molecule has 86 valence electrons. The summed E-state index contributed by atoms with van der Waals surface area (Å²) in [5, 5.41) is 6.61. The summed E-state index contributed by atoms with van der Waals surface area (Å²) in [5.41, 5.74) is 1.13. The van der Waals surface area contributed by atoms with E-state index in [4.69, 9.17) is 11.6 Å². The third-order valence-corrected chi connectivity index (χ3v) is 4.26. The summed E-state index contributed by atoms with van der Waals surface area (Å²) in [6, 6.07) is 4.03. The molecule has 2 aromatic heterocycles. The summed E-state index contributed by atoms with van der Waals surface area (Å²) in [6.07, 6.45) is 1.03. The van der Waals surface area contributed by atoms with Crippen LogP contribution in [0.1, 0.15) is 15.6 Å². The number of rotatable bonds is 5. The molecule has 0 saturated carbocycles. The van der Waals surface area contributed by atoms with Crippen LogP contribution in [0.15, 0.2) is 17.5 Å². The number of nitrogens with zero attached hydrogens (tertiary/aromatic N) is 1. The van der Waals surface area contributed by atoms with Crippen molar-refractivity contribution in [1.29, 1.82) is 0 Å². The second-order valence-electron chi connectivity index (χ2n) is 3.49. The van der Waals surface area contributed by atoms with Gasteiger partial charge in [0.15, 0.2) is 0 Å². The Morgan fingerprint density at radius 3 is 2.94 bits per heavy atom. The molecule has 0 unspecified atom stereocenters. The molecule has 0 radical (unpaired) electrons. The maximum Gasteiger partial charge on any atom is 0.0931 e. The topological polar surface area (TPSA) is 24.9 Å². The molecule has 0 fully saturated rings. The van der Waals surface area contributed by atoms with Gasteiger partial charge in [-0.15, -0.1) is 22.7 Å². The van der Waals surface area contributed by atoms with Gasteiger partial charge >= 0.3 is 0 Å². The first kappa shape index (κ1) is 12.0. The summed E-state index contributed by atoms with van der Waals surface area (Å²) in [6.45, 7) is 3.85. The molecule has 0 atom stereocenters. The maximum absolute atomic E-state index is 5.86. The van der Waals surface area contributed by atoms with Gasteiger partial charge in [0.25, 0.3) is 0 Å². The van der Waals surface area contributed by atoms with E-state index < -0.39 is 0 Å². The zero-order chi connectivity index (χ0) is 11.4. The van der Waals surface area contributed by atoms with Crippen molar-refractivity contribution in [3.8, 4) is 0 Å². The fraction of sp³-hybridized carbons (Fsp3) is 0.364. The smallest absolute Gasteiger partial charge is 0.0931 e. The molecular formula is C11H13ClN2S2. The second kappa shape index (κ2) is 5.77. The van der Waals surface area contributed by atoms with E-state index in [9.17, 15) is 0 Å². The van der Waals surface area contributed by atoms with E-state index in [2.05, 4.69) is 21.7 Å². The van der Waals surface area contributed by atoms with E-state index in [1.807, 2.05) is 13.0 Å². The third-order valence-electron chi connectivity index (χ3n) is 2.15. The standard InChI is InChI=1S/C11H13ClN2S2/c1-8-14-9(7-15-8)6-13-5-4-10-2-3-11(12)16-10/h2-3,7,13H,4-6H2,1H3. The van der Waals surface area contributed by atoms with Crippen molar-refractivity contribution in [2.75, 3.05) is 6.54 Å². The van der Waals surface area contributed by atoms with Gasteiger partial charge in [-0.05, 0) is 25.5 Å². The van der Waals surface area contributed by atoms with Crippen LogP contribution in [-0.4, -0.2) is 11.5 Å². The molecule has 2 heterocycles. The zero-order valence-corrected chi connectivity index (χ0v) is 11.4. The second-order valence-corrected chi connectivity index (χ2v) is 6.35. The minimum atomic E-state index is 0.851. The van der Waals surface area contributed by atoms with Crippen LogP contribution in [0.4, 0.5) is 0 Å². The monoisotopic (exact) mass is 272 g/mol. The Labute approximate surface area is 108 Å². The van der Waals surface area contributed by atoms with Gasteiger partial charge in [0.1, 0.15) is 0 Å². The van der Waals surface area contributed by atoms with E-state index in [1.165, 1.54) is 4.88 Å². The first-order chi connectivity index (χ1) is 7.74. The Morgan fingerprint density at radius 2 is 2.31 bits per heavy atom. The number of hydrogen-bond donors (Lipinski definition) is 1. The van der Waals surface area contributed by atoms with E-state index >= 15 is 0 Å². The minimum Gasteiger partial charge on any atom is -0.311 e. The summed E-state index contributed by atoms with van der Waals surface area (Å²) in [5.74, 6) is 0. The van der Waals surface area contributed by atoms with Gasteiger partial charge in [-0.1, -0.05) is 11.6 Å². The Hall–Kier alpha value is -0.420. The van der Waals surface area contributed by atoms with Crippen molar-refractivity contribution in [2.45, 2.75) is 19.9 Å². The van der Waals surface area contributed by atoms with Crippen molar-refractivity contribution in [3.05, 3.63) is 37.4 Å². The average molecular weight is 273 g/mol. The third kappa shape index (κ3) is 3.56. The normalized spacial score (nSPS) is 10.9. The van der Waals surface area contributed by atoms with Crippen LogP contribution in [-0.2, 0) is 13.0 Å². The SMILES string of the molecule is Cc1nc(CNCCc2ccc(Cl)s2)cs1. The van der Waals surface area contributed by atoms with Gasteiger partial charge in [0, 0.05) is 23.3 Å². The van der Waals surface area contributed by atoms with Gasteiger partial charge in [-0.25, -0.2) is 4.98 Å². The molecule has 0 saturated heterocycles. The lowest BCUT2D eigenvalue weighted by atomic mass is 10.3. The molecule has 0 aliphatic heterocycles. The van der Waals surface area contributed by atoms with Crippen LogP contribution in [0.25, 0.3) is 0 Å². The number of thiazole rings is 1. The highest BCUT2D eigenvalue weighted by molar-refractivity contribution is 7.16. The maximum atomic E-state index is 5.86. The van der Waals surface area contributed by atoms with Gasteiger partial charge in [0.2, 0.25) is 0 Å². The van der Waals surface area contributed by atoms with Crippen LogP contribution in [0.5, 0.6) is 0 Å². The number of thiophene rings is 1. The average Bonchev–Trinajstić information content (AvgIpc) is 2.83. The molecule has 2 nitrogen and oxygen atoms in total. The van der Waals surface area contributed by atoms with Crippen LogP contribution < -0.4 is 5.32 Å². The highest BCUT2D eigenvalue weighted by Gasteiger charge is 1.99. The molecule has 5 heteroatoms. The van der Waals surface area contributed by atoms with Crippen molar-refractivity contribution in [3.63, 3.8) is 0 Å². The van der Waals surface area contributed by atoms with Crippen molar-refractivity contribution in [1.82, 2.24) is 10.3 Å². The summed E-state index contributed by atoms with van der Waals surface area (Å²) in [4.78, 5) is 5.72. The number of nitrogens with one attached hydrogen (secondary N) is 1. The van der Waals surface area contributed by atoms with Crippen LogP contribution in [0.2, 0.25) is 4.34 Å². The molecule has 0 amide bonds. The highest BCUT2D eigenvalue weighted by atomic mass is 35.5. The van der Waals surface area contributed by atoms with Crippen LogP contribution in [0.3, 0.4) is 0 Å². The summed E-state index contributed by atoms with van der Waals surface area (Å²) >= 11 is 9.21. The predicted octanol–water partition coefficient (Wildman–Crippen LogP) is 3.50. The predicted molar refractivity (Wildman–Crippen MR) is 71.6 cm³/mol. The molecule has 0 aliphatic carbocycles. The van der Waals surface area contributed by atoms with Crippen molar-refractivity contribution in [2.24, 2.45) is 0 Å². The molecule has 0 spiro atoms. The van der Waals surface area contributed by atoms with E-state index in [1.54, 1.807) is 22.7 Å². The van der Waals surface area contributed by atoms with Crippen molar-refractivity contribution >= 4 is 34.3 Å². The fourth-order valence-corrected chi connectivity index (χ4v) is 3.10. The van der Waals surface area contributed by atoms with Gasteiger partial charge in [-0.2, -0.15) is 0 Å². The molecule has 2 rings (SSSR count). The Kier molecular flexibility index (Phi) is 4.35. The number of aromatic nitrogens is 1. The molecule has 0 bridgehead atoms. The van der Waals surface area contributed by atoms with Gasteiger partial charge in [-0.3, -0.25) is 0 Å². The first-order valence-corrected chi connectivity index (χ1v) is 7.17. The van der Waals surface area contributed by atoms with Crippen LogP contribution in [0, 0.1) is 6.92 Å².